The van der Waals surface area contributed by atoms with E-state index in [1.807, 2.05) is 0 Å². The average Bonchev–Trinajstić information content (AvgIpc) is 3.50. The third-order valence-electron chi connectivity index (χ3n) is 3.99. The van der Waals surface area contributed by atoms with Crippen molar-refractivity contribution in [2.45, 2.75) is 32.0 Å². The van der Waals surface area contributed by atoms with Gasteiger partial charge in [0.2, 0.25) is 0 Å². The molecule has 2 aromatic heterocycles. The number of alkyl halides is 3. The molecule has 29 heavy (non-hydrogen) atoms. The normalized spacial score (nSPS) is 13.8. The van der Waals surface area contributed by atoms with Crippen LogP contribution < -0.4 is 10.1 Å². The molecule has 2 aromatic rings. The Balaban J connectivity index is 1.56. The Labute approximate surface area is 162 Å². The molecule has 1 aliphatic rings. The number of rotatable bonds is 8. The molecule has 0 spiro atoms. The lowest BCUT2D eigenvalue weighted by molar-refractivity contribution is -0.154. The van der Waals surface area contributed by atoms with Crippen LogP contribution in [0.15, 0.2) is 24.5 Å². The number of ether oxygens (including phenoxy) is 1. The molecule has 0 aliphatic heterocycles. The zero-order chi connectivity index (χ0) is 21.0. The molecule has 2 heterocycles. The molecule has 1 aliphatic carbocycles. The Bertz CT molecular complexity index is 916. The lowest BCUT2D eigenvalue weighted by Crippen LogP contribution is -2.25. The van der Waals surface area contributed by atoms with Crippen LogP contribution >= 0.6 is 0 Å². The van der Waals surface area contributed by atoms with E-state index >= 15 is 0 Å². The summed E-state index contributed by atoms with van der Waals surface area (Å²) in [4.78, 5) is 35.6. The van der Waals surface area contributed by atoms with E-state index in [4.69, 9.17) is 0 Å². The molecule has 7 nitrogen and oxygen atoms in total. The van der Waals surface area contributed by atoms with Gasteiger partial charge < -0.3 is 10.1 Å². The maximum absolute atomic E-state index is 13.8. The van der Waals surface area contributed by atoms with Crippen molar-refractivity contribution in [1.29, 1.82) is 0 Å². The van der Waals surface area contributed by atoms with Crippen LogP contribution in [0.5, 0.6) is 5.88 Å². The van der Waals surface area contributed by atoms with Crippen molar-refractivity contribution in [2.75, 3.05) is 6.61 Å². The van der Waals surface area contributed by atoms with Crippen molar-refractivity contribution >= 4 is 11.7 Å². The second-order valence-corrected chi connectivity index (χ2v) is 6.49. The Hall–Kier alpha value is -3.11. The number of nitrogens with one attached hydrogen (secondary N) is 1. The molecule has 11 heteroatoms. The summed E-state index contributed by atoms with van der Waals surface area (Å²) in [7, 11) is 0. The Morgan fingerprint density at radius 1 is 1.24 bits per heavy atom. The number of hydrogen-bond donors (Lipinski definition) is 1. The summed E-state index contributed by atoms with van der Waals surface area (Å²) in [5.41, 5.74) is 0.255. The molecule has 0 bridgehead atoms. The smallest absolute Gasteiger partial charge is 0.422 e. The first kappa shape index (κ1) is 20.6. The highest BCUT2D eigenvalue weighted by molar-refractivity contribution is 5.92. The summed E-state index contributed by atoms with van der Waals surface area (Å²) in [5.74, 6) is -2.10. The molecule has 1 amide bonds. The minimum Gasteiger partial charge on any atom is -0.466 e. The molecule has 1 fully saturated rings. The van der Waals surface area contributed by atoms with Gasteiger partial charge in [0.15, 0.2) is 12.4 Å². The molecule has 154 valence electrons. The summed E-state index contributed by atoms with van der Waals surface area (Å²) in [6, 6.07) is 2.28. The van der Waals surface area contributed by atoms with E-state index in [0.717, 1.165) is 25.1 Å². The Morgan fingerprint density at radius 2 is 2.00 bits per heavy atom. The predicted molar refractivity (Wildman–Crippen MR) is 90.4 cm³/mol. The van der Waals surface area contributed by atoms with Crippen molar-refractivity contribution in [3.8, 4) is 5.88 Å². The van der Waals surface area contributed by atoms with Crippen LogP contribution in [0.3, 0.4) is 0 Å². The topological polar surface area (TPSA) is 94.1 Å². The van der Waals surface area contributed by atoms with Crippen LogP contribution in [0.25, 0.3) is 0 Å². The number of amides is 1. The van der Waals surface area contributed by atoms with E-state index in [-0.39, 0.29) is 41.7 Å². The van der Waals surface area contributed by atoms with E-state index < -0.39 is 30.4 Å². The fraction of sp³-hybridized carbons (Fsp3) is 0.389. The van der Waals surface area contributed by atoms with Crippen LogP contribution in [0.2, 0.25) is 0 Å². The quantitative estimate of drug-likeness (QED) is 0.670. The summed E-state index contributed by atoms with van der Waals surface area (Å²) in [6.45, 7) is -1.80. The molecule has 1 saturated carbocycles. The van der Waals surface area contributed by atoms with Crippen molar-refractivity contribution in [3.05, 3.63) is 47.4 Å². The summed E-state index contributed by atoms with van der Waals surface area (Å²) in [6.07, 6.45) is -0.367. The molecule has 0 atom stereocenters. The van der Waals surface area contributed by atoms with E-state index in [1.54, 1.807) is 0 Å². The maximum atomic E-state index is 13.8. The molecular weight excluding hydrogens is 396 g/mol. The van der Waals surface area contributed by atoms with Crippen LogP contribution in [0, 0.1) is 11.7 Å². The molecule has 0 saturated heterocycles. The first-order valence-corrected chi connectivity index (χ1v) is 8.68. The highest BCUT2D eigenvalue weighted by atomic mass is 19.4. The van der Waals surface area contributed by atoms with Crippen LogP contribution in [-0.4, -0.2) is 39.4 Å². The first-order chi connectivity index (χ1) is 13.7. The Kier molecular flexibility index (Phi) is 6.04. The SMILES string of the molecule is O=C(NCc1cnc(OCC(F)(F)F)c(F)c1)c1ccnc(CC(=O)C2CC2)n1. The molecular formula is C18H16F4N4O3. The second-order valence-electron chi connectivity index (χ2n) is 6.49. The van der Waals surface area contributed by atoms with Crippen LogP contribution in [0.4, 0.5) is 17.6 Å². The maximum Gasteiger partial charge on any atom is 0.422 e. The van der Waals surface area contributed by atoms with E-state index in [0.29, 0.717) is 0 Å². The predicted octanol–water partition coefficient (Wildman–Crippen LogP) is 2.40. The molecule has 0 aromatic carbocycles. The van der Waals surface area contributed by atoms with E-state index in [1.165, 1.54) is 12.3 Å². The number of halogens is 4. The van der Waals surface area contributed by atoms with Crippen LogP contribution in [0.1, 0.15) is 34.7 Å². The zero-order valence-electron chi connectivity index (χ0n) is 15.0. The number of Topliss-reactive ketones (excluding diaryl/α,β-unsaturated/α-hetero) is 1. The van der Waals surface area contributed by atoms with E-state index in [9.17, 15) is 27.2 Å². The fourth-order valence-corrected chi connectivity index (χ4v) is 2.41. The van der Waals surface area contributed by atoms with Gasteiger partial charge in [0.1, 0.15) is 17.3 Å². The first-order valence-electron chi connectivity index (χ1n) is 8.68. The third-order valence-corrected chi connectivity index (χ3v) is 3.99. The van der Waals surface area contributed by atoms with Crippen molar-refractivity contribution in [2.24, 2.45) is 5.92 Å². The third kappa shape index (κ3) is 6.19. The van der Waals surface area contributed by atoms with Crippen molar-refractivity contribution in [1.82, 2.24) is 20.3 Å². The van der Waals surface area contributed by atoms with E-state index in [2.05, 4.69) is 25.0 Å². The van der Waals surface area contributed by atoms with Crippen molar-refractivity contribution < 1.29 is 31.9 Å². The largest absolute Gasteiger partial charge is 0.466 e. The molecule has 1 N–H and O–H groups in total. The van der Waals surface area contributed by atoms with Gasteiger partial charge in [-0.25, -0.2) is 19.3 Å². The van der Waals surface area contributed by atoms with Gasteiger partial charge in [-0.3, -0.25) is 9.59 Å². The number of aromatic nitrogens is 3. The highest BCUT2D eigenvalue weighted by Crippen LogP contribution is 2.30. The van der Waals surface area contributed by atoms with Gasteiger partial charge in [0.25, 0.3) is 11.8 Å². The number of hydrogen-bond acceptors (Lipinski definition) is 6. The van der Waals surface area contributed by atoms with Gasteiger partial charge in [-0.2, -0.15) is 13.2 Å². The molecule has 3 rings (SSSR count). The molecule has 0 radical (unpaired) electrons. The number of carbonyl (C=O) groups is 2. The Morgan fingerprint density at radius 3 is 2.66 bits per heavy atom. The lowest BCUT2D eigenvalue weighted by Gasteiger charge is -2.10. The number of ketones is 1. The summed E-state index contributed by atoms with van der Waals surface area (Å²) in [5, 5.41) is 2.49. The lowest BCUT2D eigenvalue weighted by atomic mass is 10.2. The monoisotopic (exact) mass is 412 g/mol. The number of pyridine rings is 1. The standard InChI is InChI=1S/C18H16F4N4O3/c19-12-5-10(8-25-17(12)29-9-18(20,21)22)7-24-16(28)13-3-4-23-15(26-13)6-14(27)11-1-2-11/h3-5,8,11H,1-2,6-7,9H2,(H,24,28). The van der Waals surface area contributed by atoms with Gasteiger partial charge in [0, 0.05) is 24.9 Å². The minimum atomic E-state index is -4.61. The van der Waals surface area contributed by atoms with Crippen molar-refractivity contribution in [3.63, 3.8) is 0 Å². The zero-order valence-corrected chi connectivity index (χ0v) is 15.0. The van der Waals surface area contributed by atoms with Gasteiger partial charge >= 0.3 is 6.18 Å². The highest BCUT2D eigenvalue weighted by Gasteiger charge is 2.30. The molecule has 0 unspecified atom stereocenters. The second kappa shape index (κ2) is 8.50. The average molecular weight is 412 g/mol. The van der Waals surface area contributed by atoms with Gasteiger partial charge in [0.05, 0.1) is 6.42 Å². The summed E-state index contributed by atoms with van der Waals surface area (Å²) >= 11 is 0. The number of nitrogens with zero attached hydrogens (tertiary/aromatic N) is 3. The van der Waals surface area contributed by atoms with Crippen LogP contribution in [-0.2, 0) is 17.8 Å². The summed E-state index contributed by atoms with van der Waals surface area (Å²) < 4.78 is 54.4. The fourth-order valence-electron chi connectivity index (χ4n) is 2.41. The van der Waals surface area contributed by atoms with Gasteiger partial charge in [-0.1, -0.05) is 0 Å². The number of carbonyl (C=O) groups excluding carboxylic acids is 2. The van der Waals surface area contributed by atoms with Gasteiger partial charge in [-0.05, 0) is 30.5 Å². The minimum absolute atomic E-state index is 0.0388. The van der Waals surface area contributed by atoms with Gasteiger partial charge in [-0.15, -0.1) is 0 Å².